The maximum atomic E-state index is 12.3. The van der Waals surface area contributed by atoms with Gasteiger partial charge in [0.05, 0.1) is 16.9 Å². The molecule has 0 fully saturated rings. The third-order valence-corrected chi connectivity index (χ3v) is 3.27. The van der Waals surface area contributed by atoms with Gasteiger partial charge in [0.25, 0.3) is 5.91 Å². The van der Waals surface area contributed by atoms with Crippen LogP contribution in [0.1, 0.15) is 16.1 Å². The standard InChI is InChI=1S/C16H14N4O/c1-10-4-2-8-18-14(10)16(21)20-13-7-6-12(17)15-11(13)5-3-9-19-15/h2-9H,17H2,1H3,(H,20,21). The van der Waals surface area contributed by atoms with Crippen LogP contribution in [0, 0.1) is 6.92 Å². The van der Waals surface area contributed by atoms with Gasteiger partial charge in [-0.3, -0.25) is 14.8 Å². The molecule has 1 aromatic carbocycles. The quantitative estimate of drug-likeness (QED) is 0.706. The summed E-state index contributed by atoms with van der Waals surface area (Å²) in [6.45, 7) is 1.85. The number of anilines is 2. The molecule has 1 amide bonds. The number of rotatable bonds is 2. The average Bonchev–Trinajstić information content (AvgIpc) is 2.51. The first-order chi connectivity index (χ1) is 10.2. The van der Waals surface area contributed by atoms with Gasteiger partial charge >= 0.3 is 0 Å². The maximum absolute atomic E-state index is 12.3. The number of hydrogen-bond acceptors (Lipinski definition) is 4. The molecule has 104 valence electrons. The highest BCUT2D eigenvalue weighted by molar-refractivity contribution is 6.09. The molecule has 3 N–H and O–H groups in total. The summed E-state index contributed by atoms with van der Waals surface area (Å²) in [6, 6.07) is 10.8. The number of hydrogen-bond donors (Lipinski definition) is 2. The minimum atomic E-state index is -0.247. The van der Waals surface area contributed by atoms with Crippen LogP contribution >= 0.6 is 0 Å². The molecular weight excluding hydrogens is 264 g/mol. The second-order valence-electron chi connectivity index (χ2n) is 4.72. The Labute approximate surface area is 121 Å². The van der Waals surface area contributed by atoms with Crippen molar-refractivity contribution in [3.63, 3.8) is 0 Å². The van der Waals surface area contributed by atoms with Gasteiger partial charge in [-0.25, -0.2) is 0 Å². The summed E-state index contributed by atoms with van der Waals surface area (Å²) >= 11 is 0. The fourth-order valence-electron chi connectivity index (χ4n) is 2.21. The monoisotopic (exact) mass is 278 g/mol. The lowest BCUT2D eigenvalue weighted by Gasteiger charge is -2.10. The van der Waals surface area contributed by atoms with E-state index in [0.29, 0.717) is 22.6 Å². The Morgan fingerprint density at radius 2 is 1.86 bits per heavy atom. The molecule has 0 unspecified atom stereocenters. The number of carbonyl (C=O) groups is 1. The number of nitrogen functional groups attached to an aromatic ring is 1. The van der Waals surface area contributed by atoms with E-state index in [1.54, 1.807) is 30.6 Å². The normalized spacial score (nSPS) is 10.5. The van der Waals surface area contributed by atoms with Crippen molar-refractivity contribution in [1.29, 1.82) is 0 Å². The molecule has 2 aromatic heterocycles. The zero-order chi connectivity index (χ0) is 14.8. The number of pyridine rings is 2. The first-order valence-corrected chi connectivity index (χ1v) is 6.53. The molecule has 0 radical (unpaired) electrons. The molecule has 0 saturated heterocycles. The van der Waals surface area contributed by atoms with Gasteiger partial charge in [-0.1, -0.05) is 6.07 Å². The number of fused-ring (bicyclic) bond motifs is 1. The van der Waals surface area contributed by atoms with Crippen molar-refractivity contribution >= 4 is 28.2 Å². The lowest BCUT2D eigenvalue weighted by molar-refractivity contribution is 0.102. The van der Waals surface area contributed by atoms with Gasteiger partial charge in [-0.15, -0.1) is 0 Å². The van der Waals surface area contributed by atoms with Crippen LogP contribution < -0.4 is 11.1 Å². The Hall–Kier alpha value is -2.95. The minimum absolute atomic E-state index is 0.247. The summed E-state index contributed by atoms with van der Waals surface area (Å²) in [5.74, 6) is -0.247. The molecule has 0 bridgehead atoms. The molecule has 2 heterocycles. The molecule has 5 heteroatoms. The molecule has 3 aromatic rings. The van der Waals surface area contributed by atoms with E-state index in [1.807, 2.05) is 25.1 Å². The topological polar surface area (TPSA) is 80.9 Å². The van der Waals surface area contributed by atoms with Crippen LogP contribution in [-0.2, 0) is 0 Å². The minimum Gasteiger partial charge on any atom is -0.397 e. The largest absolute Gasteiger partial charge is 0.397 e. The highest BCUT2D eigenvalue weighted by atomic mass is 16.1. The molecule has 3 rings (SSSR count). The van der Waals surface area contributed by atoms with Crippen molar-refractivity contribution in [2.75, 3.05) is 11.1 Å². The Morgan fingerprint density at radius 3 is 2.67 bits per heavy atom. The summed E-state index contributed by atoms with van der Waals surface area (Å²) < 4.78 is 0. The number of nitrogens with two attached hydrogens (primary N) is 1. The van der Waals surface area contributed by atoms with Gasteiger partial charge in [0, 0.05) is 17.8 Å². The first-order valence-electron chi connectivity index (χ1n) is 6.53. The van der Waals surface area contributed by atoms with Crippen molar-refractivity contribution in [3.8, 4) is 0 Å². The maximum Gasteiger partial charge on any atom is 0.274 e. The second-order valence-corrected chi connectivity index (χ2v) is 4.72. The fourth-order valence-corrected chi connectivity index (χ4v) is 2.21. The molecule has 0 atom stereocenters. The predicted octanol–water partition coefficient (Wildman–Crippen LogP) is 2.77. The van der Waals surface area contributed by atoms with E-state index in [1.165, 1.54) is 0 Å². The molecule has 0 spiro atoms. The van der Waals surface area contributed by atoms with Crippen molar-refractivity contribution in [3.05, 3.63) is 60.0 Å². The van der Waals surface area contributed by atoms with E-state index in [2.05, 4.69) is 15.3 Å². The number of nitrogens with zero attached hydrogens (tertiary/aromatic N) is 2. The zero-order valence-electron chi connectivity index (χ0n) is 11.5. The van der Waals surface area contributed by atoms with Gasteiger partial charge < -0.3 is 11.1 Å². The summed E-state index contributed by atoms with van der Waals surface area (Å²) in [7, 11) is 0. The molecule has 0 aliphatic rings. The van der Waals surface area contributed by atoms with Gasteiger partial charge in [0.15, 0.2) is 0 Å². The molecule has 21 heavy (non-hydrogen) atoms. The van der Waals surface area contributed by atoms with Gasteiger partial charge in [0.2, 0.25) is 0 Å². The lowest BCUT2D eigenvalue weighted by Crippen LogP contribution is -2.15. The van der Waals surface area contributed by atoms with Crippen LogP contribution in [0.4, 0.5) is 11.4 Å². The molecule has 0 aliphatic carbocycles. The zero-order valence-corrected chi connectivity index (χ0v) is 11.5. The summed E-state index contributed by atoms with van der Waals surface area (Å²) in [6.07, 6.45) is 3.28. The molecular formula is C16H14N4O. The van der Waals surface area contributed by atoms with E-state index in [-0.39, 0.29) is 5.91 Å². The predicted molar refractivity (Wildman–Crippen MR) is 83.1 cm³/mol. The van der Waals surface area contributed by atoms with Crippen LogP contribution in [0.5, 0.6) is 0 Å². The van der Waals surface area contributed by atoms with Crippen LogP contribution in [0.15, 0.2) is 48.8 Å². The highest BCUT2D eigenvalue weighted by Crippen LogP contribution is 2.26. The third-order valence-electron chi connectivity index (χ3n) is 3.27. The highest BCUT2D eigenvalue weighted by Gasteiger charge is 2.12. The van der Waals surface area contributed by atoms with Crippen molar-refractivity contribution < 1.29 is 4.79 Å². The number of nitrogens with one attached hydrogen (secondary N) is 1. The molecule has 5 nitrogen and oxygen atoms in total. The number of carbonyl (C=O) groups excluding carboxylic acids is 1. The van der Waals surface area contributed by atoms with Gasteiger partial charge in [0.1, 0.15) is 5.69 Å². The summed E-state index contributed by atoms with van der Waals surface area (Å²) in [5.41, 5.74) is 9.06. The Morgan fingerprint density at radius 1 is 1.10 bits per heavy atom. The van der Waals surface area contributed by atoms with E-state index in [9.17, 15) is 4.79 Å². The lowest BCUT2D eigenvalue weighted by atomic mass is 10.1. The fraction of sp³-hybridized carbons (Fsp3) is 0.0625. The van der Waals surface area contributed by atoms with Crippen molar-refractivity contribution in [1.82, 2.24) is 9.97 Å². The van der Waals surface area contributed by atoms with Crippen LogP contribution in [0.3, 0.4) is 0 Å². The first kappa shape index (κ1) is 13.1. The van der Waals surface area contributed by atoms with Gasteiger partial charge in [-0.05, 0) is 42.8 Å². The Balaban J connectivity index is 2.01. The smallest absolute Gasteiger partial charge is 0.274 e. The van der Waals surface area contributed by atoms with Crippen molar-refractivity contribution in [2.45, 2.75) is 6.92 Å². The number of aromatic nitrogens is 2. The van der Waals surface area contributed by atoms with E-state index in [4.69, 9.17) is 5.73 Å². The SMILES string of the molecule is Cc1cccnc1C(=O)Nc1ccc(N)c2ncccc12. The van der Waals surface area contributed by atoms with Crippen molar-refractivity contribution in [2.24, 2.45) is 0 Å². The van der Waals surface area contributed by atoms with Gasteiger partial charge in [-0.2, -0.15) is 0 Å². The van der Waals surface area contributed by atoms with Crippen LogP contribution in [-0.4, -0.2) is 15.9 Å². The number of benzene rings is 1. The third kappa shape index (κ3) is 2.41. The summed E-state index contributed by atoms with van der Waals surface area (Å²) in [4.78, 5) is 20.7. The average molecular weight is 278 g/mol. The van der Waals surface area contributed by atoms with E-state index < -0.39 is 0 Å². The van der Waals surface area contributed by atoms with E-state index >= 15 is 0 Å². The number of aryl methyl sites for hydroxylation is 1. The van der Waals surface area contributed by atoms with E-state index in [0.717, 1.165) is 10.9 Å². The Bertz CT molecular complexity index is 829. The number of amides is 1. The van der Waals surface area contributed by atoms with Crippen LogP contribution in [0.2, 0.25) is 0 Å². The molecule has 0 aliphatic heterocycles. The van der Waals surface area contributed by atoms with Crippen LogP contribution in [0.25, 0.3) is 10.9 Å². The summed E-state index contributed by atoms with van der Waals surface area (Å²) in [5, 5.41) is 3.68. The Kier molecular flexibility index (Phi) is 3.23. The molecule has 0 saturated carbocycles. The second kappa shape index (κ2) is 5.20.